The fourth-order valence-electron chi connectivity index (χ4n) is 3.44. The van der Waals surface area contributed by atoms with E-state index in [0.29, 0.717) is 22.6 Å². The summed E-state index contributed by atoms with van der Waals surface area (Å²) in [5, 5.41) is 6.93. The molecular weight excluding hydrogens is 367 g/mol. The molecule has 1 fully saturated rings. The van der Waals surface area contributed by atoms with Gasteiger partial charge in [-0.1, -0.05) is 25.4 Å². The van der Waals surface area contributed by atoms with Crippen LogP contribution in [-0.2, 0) is 6.42 Å². The van der Waals surface area contributed by atoms with Crippen molar-refractivity contribution in [2.75, 3.05) is 18.4 Å². The quantitative estimate of drug-likeness (QED) is 0.688. The third kappa shape index (κ3) is 3.89. The van der Waals surface area contributed by atoms with Gasteiger partial charge in [0.25, 0.3) is 0 Å². The minimum Gasteiger partial charge on any atom is -0.325 e. The Balaban J connectivity index is 1.79. The second-order valence-electron chi connectivity index (χ2n) is 7.33. The van der Waals surface area contributed by atoms with Gasteiger partial charge in [0.15, 0.2) is 5.65 Å². The number of halogens is 2. The molecule has 0 amide bonds. The molecule has 27 heavy (non-hydrogen) atoms. The van der Waals surface area contributed by atoms with Crippen molar-refractivity contribution in [2.24, 2.45) is 5.92 Å². The lowest BCUT2D eigenvalue weighted by Gasteiger charge is -2.16. The van der Waals surface area contributed by atoms with Gasteiger partial charge in [-0.3, -0.25) is 4.57 Å². The Labute approximate surface area is 162 Å². The number of anilines is 2. The normalized spacial score (nSPS) is 17.1. The molecule has 1 aliphatic rings. The average Bonchev–Trinajstić information content (AvgIpc) is 3.20. The predicted octanol–water partition coefficient (Wildman–Crippen LogP) is 4.10. The number of imidazole rings is 1. The van der Waals surface area contributed by atoms with Gasteiger partial charge in [-0.05, 0) is 37.1 Å². The lowest BCUT2D eigenvalue weighted by Crippen LogP contribution is -2.16. The molecule has 2 N–H and O–H groups in total. The summed E-state index contributed by atoms with van der Waals surface area (Å²) < 4.78 is 15.8. The van der Waals surface area contributed by atoms with Gasteiger partial charge in [0, 0.05) is 23.7 Å². The molecule has 2 aromatic heterocycles. The molecule has 1 aliphatic heterocycles. The monoisotopic (exact) mass is 388 g/mol. The van der Waals surface area contributed by atoms with Crippen LogP contribution in [0.5, 0.6) is 0 Å². The fourth-order valence-corrected chi connectivity index (χ4v) is 3.66. The molecule has 0 saturated carbocycles. The first-order chi connectivity index (χ1) is 13.0. The van der Waals surface area contributed by atoms with Crippen molar-refractivity contribution < 1.29 is 4.39 Å². The summed E-state index contributed by atoms with van der Waals surface area (Å²) in [4.78, 5) is 13.9. The Hall–Kier alpha value is -2.25. The first-order valence-electron chi connectivity index (χ1n) is 9.17. The van der Waals surface area contributed by atoms with Crippen molar-refractivity contribution in [3.8, 4) is 0 Å². The molecule has 4 rings (SSSR count). The minimum atomic E-state index is -0.394. The van der Waals surface area contributed by atoms with Crippen LogP contribution in [0, 0.1) is 11.7 Å². The van der Waals surface area contributed by atoms with Gasteiger partial charge in [-0.2, -0.15) is 0 Å². The Kier molecular flexibility index (Phi) is 4.97. The van der Waals surface area contributed by atoms with Crippen LogP contribution in [0.3, 0.4) is 0 Å². The van der Waals surface area contributed by atoms with Crippen molar-refractivity contribution >= 4 is 34.4 Å². The van der Waals surface area contributed by atoms with E-state index in [0.717, 1.165) is 42.9 Å². The number of hydrogen-bond acceptors (Lipinski definition) is 5. The molecule has 0 aliphatic carbocycles. The first kappa shape index (κ1) is 18.1. The smallest absolute Gasteiger partial charge is 0.210 e. The summed E-state index contributed by atoms with van der Waals surface area (Å²) in [7, 11) is 0. The van der Waals surface area contributed by atoms with Crippen molar-refractivity contribution in [1.29, 1.82) is 0 Å². The second kappa shape index (κ2) is 7.40. The maximum Gasteiger partial charge on any atom is 0.210 e. The lowest BCUT2D eigenvalue weighted by atomic mass is 10.1. The van der Waals surface area contributed by atoms with Crippen molar-refractivity contribution in [3.05, 3.63) is 41.1 Å². The first-order valence-corrected chi connectivity index (χ1v) is 9.55. The van der Waals surface area contributed by atoms with Crippen LogP contribution in [0.2, 0.25) is 5.02 Å². The van der Waals surface area contributed by atoms with Gasteiger partial charge in [-0.25, -0.2) is 19.3 Å². The van der Waals surface area contributed by atoms with Gasteiger partial charge in [0.05, 0.1) is 12.2 Å². The summed E-state index contributed by atoms with van der Waals surface area (Å²) in [6, 6.07) is 4.58. The summed E-state index contributed by atoms with van der Waals surface area (Å²) in [5.74, 6) is 1.51. The molecule has 0 radical (unpaired) electrons. The second-order valence-corrected chi connectivity index (χ2v) is 7.76. The third-order valence-electron chi connectivity index (χ3n) is 4.59. The topological polar surface area (TPSA) is 67.7 Å². The van der Waals surface area contributed by atoms with E-state index in [1.165, 1.54) is 12.1 Å². The van der Waals surface area contributed by atoms with E-state index >= 15 is 0 Å². The zero-order valence-electron chi connectivity index (χ0n) is 15.3. The van der Waals surface area contributed by atoms with Crippen molar-refractivity contribution in [1.82, 2.24) is 24.8 Å². The number of hydrogen-bond donors (Lipinski definition) is 2. The Morgan fingerprint density at radius 3 is 2.89 bits per heavy atom. The van der Waals surface area contributed by atoms with Gasteiger partial charge >= 0.3 is 0 Å². The number of fused-ring (bicyclic) bond motifs is 1. The number of nitrogens with zero attached hydrogens (tertiary/aromatic N) is 4. The molecule has 1 atom stereocenters. The lowest BCUT2D eigenvalue weighted by molar-refractivity contribution is 0.561. The molecule has 3 aromatic rings. The van der Waals surface area contributed by atoms with Crippen molar-refractivity contribution in [2.45, 2.75) is 32.7 Å². The van der Waals surface area contributed by atoms with E-state index in [1.807, 2.05) is 0 Å². The van der Waals surface area contributed by atoms with Crippen LogP contribution < -0.4 is 10.6 Å². The zero-order chi connectivity index (χ0) is 19.0. The summed E-state index contributed by atoms with van der Waals surface area (Å²) in [5.41, 5.74) is 2.08. The number of benzene rings is 1. The van der Waals surface area contributed by atoms with Crippen LogP contribution in [0.25, 0.3) is 11.2 Å². The van der Waals surface area contributed by atoms with Gasteiger partial charge in [0.2, 0.25) is 5.95 Å². The van der Waals surface area contributed by atoms with Crippen LogP contribution in [0.1, 0.15) is 32.1 Å². The molecular formula is C19H22ClFN6. The van der Waals surface area contributed by atoms with Gasteiger partial charge in [-0.15, -0.1) is 0 Å². The van der Waals surface area contributed by atoms with E-state index in [9.17, 15) is 4.39 Å². The molecule has 1 unspecified atom stereocenters. The van der Waals surface area contributed by atoms with E-state index < -0.39 is 5.82 Å². The number of nitrogens with one attached hydrogen (secondary N) is 2. The van der Waals surface area contributed by atoms with Crippen LogP contribution in [-0.4, -0.2) is 32.6 Å². The van der Waals surface area contributed by atoms with Gasteiger partial charge in [0.1, 0.15) is 17.2 Å². The molecule has 6 nitrogen and oxygen atoms in total. The van der Waals surface area contributed by atoms with Crippen LogP contribution in [0.4, 0.5) is 16.0 Å². The molecule has 0 spiro atoms. The maximum absolute atomic E-state index is 13.7. The highest BCUT2D eigenvalue weighted by Gasteiger charge is 2.24. The van der Waals surface area contributed by atoms with Crippen LogP contribution in [0.15, 0.2) is 24.4 Å². The Bertz CT molecular complexity index is 944. The van der Waals surface area contributed by atoms with Crippen LogP contribution >= 0.6 is 11.6 Å². The van der Waals surface area contributed by atoms with E-state index in [4.69, 9.17) is 16.6 Å². The summed E-state index contributed by atoms with van der Waals surface area (Å²) in [6.45, 7) is 6.08. The Morgan fingerprint density at radius 2 is 2.19 bits per heavy atom. The highest BCUT2D eigenvalue weighted by atomic mass is 35.5. The SMILES string of the molecule is CC(C)Cc1ncc2nc(Nc3cc(F)cc(Cl)c3)n(C3CCNC3)c2n1. The van der Waals surface area contributed by atoms with E-state index in [2.05, 4.69) is 39.0 Å². The van der Waals surface area contributed by atoms with Gasteiger partial charge < -0.3 is 10.6 Å². The summed E-state index contributed by atoms with van der Waals surface area (Å²) >= 11 is 5.99. The highest BCUT2D eigenvalue weighted by Crippen LogP contribution is 2.29. The molecule has 0 bridgehead atoms. The third-order valence-corrected chi connectivity index (χ3v) is 4.81. The van der Waals surface area contributed by atoms with E-state index in [1.54, 1.807) is 12.3 Å². The molecule has 3 heterocycles. The highest BCUT2D eigenvalue weighted by molar-refractivity contribution is 6.30. The summed E-state index contributed by atoms with van der Waals surface area (Å²) in [6.07, 6.45) is 3.56. The molecule has 142 valence electrons. The minimum absolute atomic E-state index is 0.225. The average molecular weight is 389 g/mol. The molecule has 8 heteroatoms. The van der Waals surface area contributed by atoms with E-state index in [-0.39, 0.29) is 6.04 Å². The molecule has 1 aromatic carbocycles. The number of rotatable bonds is 5. The molecule has 1 saturated heterocycles. The largest absolute Gasteiger partial charge is 0.325 e. The maximum atomic E-state index is 13.7. The van der Waals surface area contributed by atoms with Crippen molar-refractivity contribution in [3.63, 3.8) is 0 Å². The predicted molar refractivity (Wildman–Crippen MR) is 105 cm³/mol. The standard InChI is InChI=1S/C19H22ClFN6/c1-11(2)5-17-23-10-16-18(26-17)27(15-3-4-22-9-15)19(25-16)24-14-7-12(20)6-13(21)8-14/h6-8,10-11,15,22H,3-5,9H2,1-2H3,(H,24,25). The number of aromatic nitrogens is 4. The zero-order valence-corrected chi connectivity index (χ0v) is 16.1. The fraction of sp³-hybridized carbons (Fsp3) is 0.421. The Morgan fingerprint density at radius 1 is 1.33 bits per heavy atom.